The second-order valence-corrected chi connectivity index (χ2v) is 4.97. The minimum atomic E-state index is 0. The smallest absolute Gasteiger partial charge is 0.137 e. The number of H-pyrrole nitrogens is 1. The summed E-state index contributed by atoms with van der Waals surface area (Å²) < 4.78 is 0. The number of halogens is 1. The van der Waals surface area contributed by atoms with Crippen LogP contribution in [-0.4, -0.2) is 15.0 Å². The standard InChI is InChI=1S/C17H13N3.ClH/c1-11-8-13(9-12-4-2-6-18-16(11)12)15-10-20-17-14(15)5-3-7-19-17;/h2-10H,1H3,(H,19,20);1H. The van der Waals surface area contributed by atoms with Gasteiger partial charge in [-0.25, -0.2) is 4.98 Å². The number of nitrogens with one attached hydrogen (secondary N) is 1. The van der Waals surface area contributed by atoms with E-state index in [0.717, 1.165) is 16.6 Å². The molecule has 0 spiro atoms. The van der Waals surface area contributed by atoms with Gasteiger partial charge in [0, 0.05) is 34.9 Å². The first kappa shape index (κ1) is 13.6. The molecule has 4 heteroatoms. The number of aromatic amines is 1. The second kappa shape index (κ2) is 5.19. The van der Waals surface area contributed by atoms with E-state index in [-0.39, 0.29) is 12.4 Å². The lowest BCUT2D eigenvalue weighted by Gasteiger charge is -2.05. The van der Waals surface area contributed by atoms with Gasteiger partial charge in [-0.2, -0.15) is 0 Å². The molecule has 3 heterocycles. The van der Waals surface area contributed by atoms with Gasteiger partial charge in [0.2, 0.25) is 0 Å². The fraction of sp³-hybridized carbons (Fsp3) is 0.0588. The first-order chi connectivity index (χ1) is 9.83. The van der Waals surface area contributed by atoms with Crippen LogP contribution in [0.2, 0.25) is 0 Å². The highest BCUT2D eigenvalue weighted by atomic mass is 35.5. The third kappa shape index (κ3) is 2.16. The van der Waals surface area contributed by atoms with Gasteiger partial charge in [0.1, 0.15) is 5.65 Å². The molecule has 4 aromatic rings. The van der Waals surface area contributed by atoms with E-state index in [4.69, 9.17) is 0 Å². The molecule has 4 rings (SSSR count). The highest BCUT2D eigenvalue weighted by molar-refractivity contribution is 5.96. The Morgan fingerprint density at radius 2 is 1.81 bits per heavy atom. The van der Waals surface area contributed by atoms with Crippen LogP contribution in [0.15, 0.2) is 55.0 Å². The maximum Gasteiger partial charge on any atom is 0.137 e. The molecule has 0 amide bonds. The fourth-order valence-corrected chi connectivity index (χ4v) is 2.72. The van der Waals surface area contributed by atoms with Crippen LogP contribution in [0, 0.1) is 6.92 Å². The molecule has 1 aromatic carbocycles. The normalized spacial score (nSPS) is 10.7. The zero-order valence-electron chi connectivity index (χ0n) is 11.5. The Balaban J connectivity index is 0.00000132. The summed E-state index contributed by atoms with van der Waals surface area (Å²) in [6.07, 6.45) is 5.66. The van der Waals surface area contributed by atoms with Gasteiger partial charge in [-0.3, -0.25) is 4.98 Å². The molecule has 21 heavy (non-hydrogen) atoms. The van der Waals surface area contributed by atoms with E-state index in [1.807, 2.05) is 24.5 Å². The Kier molecular flexibility index (Phi) is 3.35. The predicted octanol–water partition coefficient (Wildman–Crippen LogP) is 4.51. The molecule has 0 saturated carbocycles. The fourth-order valence-electron chi connectivity index (χ4n) is 2.72. The zero-order chi connectivity index (χ0) is 13.5. The van der Waals surface area contributed by atoms with Crippen LogP contribution in [0.1, 0.15) is 5.56 Å². The Morgan fingerprint density at radius 3 is 2.71 bits per heavy atom. The summed E-state index contributed by atoms with van der Waals surface area (Å²) in [5.41, 5.74) is 5.56. The van der Waals surface area contributed by atoms with E-state index in [0.29, 0.717) is 0 Å². The van der Waals surface area contributed by atoms with E-state index < -0.39 is 0 Å². The molecule has 104 valence electrons. The van der Waals surface area contributed by atoms with Gasteiger partial charge >= 0.3 is 0 Å². The molecule has 3 nitrogen and oxygen atoms in total. The van der Waals surface area contributed by atoms with Crippen molar-refractivity contribution in [1.29, 1.82) is 0 Å². The van der Waals surface area contributed by atoms with E-state index in [1.165, 1.54) is 22.1 Å². The molecule has 0 saturated heterocycles. The summed E-state index contributed by atoms with van der Waals surface area (Å²) in [6, 6.07) is 12.5. The Labute approximate surface area is 128 Å². The van der Waals surface area contributed by atoms with Crippen LogP contribution in [-0.2, 0) is 0 Å². The molecular formula is C17H14ClN3. The van der Waals surface area contributed by atoms with Crippen molar-refractivity contribution >= 4 is 34.3 Å². The van der Waals surface area contributed by atoms with Crippen molar-refractivity contribution in [3.8, 4) is 11.1 Å². The third-order valence-electron chi connectivity index (χ3n) is 3.66. The third-order valence-corrected chi connectivity index (χ3v) is 3.66. The first-order valence-electron chi connectivity index (χ1n) is 6.61. The lowest BCUT2D eigenvalue weighted by atomic mass is 10.0. The minimum absolute atomic E-state index is 0. The number of aromatic nitrogens is 3. The quantitative estimate of drug-likeness (QED) is 0.561. The minimum Gasteiger partial charge on any atom is -0.346 e. The number of pyridine rings is 2. The molecule has 0 unspecified atom stereocenters. The van der Waals surface area contributed by atoms with Crippen molar-refractivity contribution in [1.82, 2.24) is 15.0 Å². The van der Waals surface area contributed by atoms with Crippen molar-refractivity contribution < 1.29 is 0 Å². The zero-order valence-corrected chi connectivity index (χ0v) is 12.3. The molecule has 0 aliphatic carbocycles. The maximum absolute atomic E-state index is 4.45. The van der Waals surface area contributed by atoms with Crippen LogP contribution >= 0.6 is 12.4 Å². The van der Waals surface area contributed by atoms with E-state index in [9.17, 15) is 0 Å². The van der Waals surface area contributed by atoms with Crippen molar-refractivity contribution in [3.05, 3.63) is 60.6 Å². The number of nitrogens with zero attached hydrogens (tertiary/aromatic N) is 2. The molecule has 0 aliphatic rings. The number of rotatable bonds is 1. The van der Waals surface area contributed by atoms with Crippen LogP contribution in [0.4, 0.5) is 0 Å². The molecule has 3 aromatic heterocycles. The Hall–Kier alpha value is -2.39. The van der Waals surface area contributed by atoms with Gasteiger partial charge < -0.3 is 4.98 Å². The van der Waals surface area contributed by atoms with Crippen LogP contribution in [0.5, 0.6) is 0 Å². The van der Waals surface area contributed by atoms with Crippen LogP contribution in [0.3, 0.4) is 0 Å². The summed E-state index contributed by atoms with van der Waals surface area (Å²) in [4.78, 5) is 12.0. The highest BCUT2D eigenvalue weighted by Crippen LogP contribution is 2.31. The van der Waals surface area contributed by atoms with E-state index >= 15 is 0 Å². The summed E-state index contributed by atoms with van der Waals surface area (Å²) >= 11 is 0. The van der Waals surface area contributed by atoms with Gasteiger partial charge in [-0.05, 0) is 48.4 Å². The number of hydrogen-bond acceptors (Lipinski definition) is 2. The summed E-state index contributed by atoms with van der Waals surface area (Å²) in [5.74, 6) is 0. The summed E-state index contributed by atoms with van der Waals surface area (Å²) in [5, 5.41) is 2.32. The van der Waals surface area contributed by atoms with Gasteiger partial charge in [-0.15, -0.1) is 12.4 Å². The maximum atomic E-state index is 4.45. The molecule has 0 atom stereocenters. The highest BCUT2D eigenvalue weighted by Gasteiger charge is 2.08. The lowest BCUT2D eigenvalue weighted by molar-refractivity contribution is 1.33. The second-order valence-electron chi connectivity index (χ2n) is 4.97. The largest absolute Gasteiger partial charge is 0.346 e. The van der Waals surface area contributed by atoms with Gasteiger partial charge in [-0.1, -0.05) is 6.07 Å². The van der Waals surface area contributed by atoms with E-state index in [2.05, 4.69) is 46.1 Å². The Morgan fingerprint density at radius 1 is 1.00 bits per heavy atom. The molecule has 0 aliphatic heterocycles. The molecule has 1 N–H and O–H groups in total. The van der Waals surface area contributed by atoms with E-state index in [1.54, 1.807) is 6.20 Å². The number of benzene rings is 1. The monoisotopic (exact) mass is 295 g/mol. The van der Waals surface area contributed by atoms with Crippen LogP contribution in [0.25, 0.3) is 33.1 Å². The first-order valence-corrected chi connectivity index (χ1v) is 6.61. The number of fused-ring (bicyclic) bond motifs is 2. The van der Waals surface area contributed by atoms with Gasteiger partial charge in [0.15, 0.2) is 0 Å². The van der Waals surface area contributed by atoms with Crippen molar-refractivity contribution in [2.75, 3.05) is 0 Å². The summed E-state index contributed by atoms with van der Waals surface area (Å²) in [7, 11) is 0. The average molecular weight is 296 g/mol. The SMILES string of the molecule is Cc1cc(-c2c[nH]c3ncccc23)cc2cccnc12.Cl. The number of hydrogen-bond donors (Lipinski definition) is 1. The molecular weight excluding hydrogens is 282 g/mol. The molecule has 0 radical (unpaired) electrons. The topological polar surface area (TPSA) is 41.6 Å². The molecule has 0 bridgehead atoms. The number of aryl methyl sites for hydroxylation is 1. The van der Waals surface area contributed by atoms with Crippen molar-refractivity contribution in [2.24, 2.45) is 0 Å². The van der Waals surface area contributed by atoms with Crippen molar-refractivity contribution in [3.63, 3.8) is 0 Å². The van der Waals surface area contributed by atoms with Crippen molar-refractivity contribution in [2.45, 2.75) is 6.92 Å². The summed E-state index contributed by atoms with van der Waals surface area (Å²) in [6.45, 7) is 2.10. The molecule has 0 fully saturated rings. The lowest BCUT2D eigenvalue weighted by Crippen LogP contribution is -1.85. The van der Waals surface area contributed by atoms with Crippen LogP contribution < -0.4 is 0 Å². The van der Waals surface area contributed by atoms with Gasteiger partial charge in [0.25, 0.3) is 0 Å². The average Bonchev–Trinajstić information content (AvgIpc) is 2.91. The Bertz CT molecular complexity index is 928. The predicted molar refractivity (Wildman–Crippen MR) is 88.8 cm³/mol. The van der Waals surface area contributed by atoms with Gasteiger partial charge in [0.05, 0.1) is 5.52 Å².